The molecule has 4 rings (SSSR count). The van der Waals surface area contributed by atoms with Crippen LogP contribution in [0.5, 0.6) is 0 Å². The van der Waals surface area contributed by atoms with Crippen LogP contribution in [0.3, 0.4) is 0 Å². The smallest absolute Gasteiger partial charge is 0.246 e. The fourth-order valence-electron chi connectivity index (χ4n) is 3.41. The van der Waals surface area contributed by atoms with Crippen LogP contribution in [0, 0.1) is 6.92 Å². The molecule has 0 spiro atoms. The average Bonchev–Trinajstić information content (AvgIpc) is 3.34. The van der Waals surface area contributed by atoms with E-state index in [-0.39, 0.29) is 5.91 Å². The molecule has 0 saturated carbocycles. The monoisotopic (exact) mass is 423 g/mol. The molecule has 0 aliphatic heterocycles. The van der Waals surface area contributed by atoms with Crippen LogP contribution in [0.2, 0.25) is 5.02 Å². The van der Waals surface area contributed by atoms with Gasteiger partial charge in [0.15, 0.2) is 6.04 Å². The number of nitrogens with zero attached hydrogens (tertiary/aromatic N) is 6. The van der Waals surface area contributed by atoms with Gasteiger partial charge in [-0.2, -0.15) is 4.80 Å². The summed E-state index contributed by atoms with van der Waals surface area (Å²) in [5, 5.41) is 16.2. The number of aryl methyl sites for hydroxylation is 1. The molecule has 30 heavy (non-hydrogen) atoms. The first-order valence-corrected chi connectivity index (χ1v) is 10.2. The van der Waals surface area contributed by atoms with Crippen LogP contribution in [0.25, 0.3) is 22.4 Å². The average molecular weight is 424 g/mol. The zero-order chi connectivity index (χ0) is 21.1. The lowest BCUT2D eigenvalue weighted by molar-refractivity contribution is -0.125. The number of halogens is 1. The van der Waals surface area contributed by atoms with E-state index in [1.54, 1.807) is 12.1 Å². The van der Waals surface area contributed by atoms with E-state index in [1.807, 2.05) is 50.2 Å². The number of carbonyl (C=O) groups is 1. The third kappa shape index (κ3) is 4.04. The maximum atomic E-state index is 12.8. The van der Waals surface area contributed by atoms with Gasteiger partial charge in [-0.15, -0.1) is 10.2 Å². The van der Waals surface area contributed by atoms with Crippen LogP contribution < -0.4 is 5.32 Å². The normalized spacial score (nSPS) is 12.2. The van der Waals surface area contributed by atoms with E-state index in [0.717, 1.165) is 22.4 Å². The van der Waals surface area contributed by atoms with Crippen molar-refractivity contribution in [3.8, 4) is 11.4 Å². The maximum Gasteiger partial charge on any atom is 0.246 e. The van der Waals surface area contributed by atoms with E-state index in [9.17, 15) is 4.79 Å². The van der Waals surface area contributed by atoms with Crippen molar-refractivity contribution >= 4 is 28.5 Å². The van der Waals surface area contributed by atoms with Gasteiger partial charge >= 0.3 is 0 Å². The molecule has 154 valence electrons. The third-order valence-electron chi connectivity index (χ3n) is 4.98. The first kappa shape index (κ1) is 20.0. The second-order valence-corrected chi connectivity index (χ2v) is 7.39. The number of tetrazole rings is 1. The largest absolute Gasteiger partial charge is 0.352 e. The Balaban J connectivity index is 1.42. The van der Waals surface area contributed by atoms with Crippen molar-refractivity contribution < 1.29 is 4.79 Å². The minimum atomic E-state index is -0.529. The number of carbonyl (C=O) groups excluding carboxylic acids is 1. The lowest BCUT2D eigenvalue weighted by atomic mass is 10.2. The van der Waals surface area contributed by atoms with Crippen molar-refractivity contribution in [2.45, 2.75) is 32.9 Å². The Bertz CT molecular complexity index is 1170. The third-order valence-corrected chi connectivity index (χ3v) is 5.23. The number of amides is 1. The summed E-state index contributed by atoms with van der Waals surface area (Å²) in [6.45, 7) is 5.00. The van der Waals surface area contributed by atoms with Gasteiger partial charge < -0.3 is 9.88 Å². The standard InChI is InChI=1S/C21H22ClN7O/c1-3-18(29-26-20(25-27-29)15-8-10-16(22)11-9-15)21(30)23-12-13-28-14(2)24-17-6-4-5-7-19(17)28/h4-11,18H,3,12-13H2,1-2H3,(H,23,30)/t18-/m0/s1. The number of nitrogens with one attached hydrogen (secondary N) is 1. The Morgan fingerprint density at radius 1 is 1.17 bits per heavy atom. The predicted octanol–water partition coefficient (Wildman–Crippen LogP) is 3.42. The summed E-state index contributed by atoms with van der Waals surface area (Å²) in [5.41, 5.74) is 2.81. The molecule has 0 saturated heterocycles. The van der Waals surface area contributed by atoms with Crippen molar-refractivity contribution in [3.05, 3.63) is 59.4 Å². The summed E-state index contributed by atoms with van der Waals surface area (Å²) >= 11 is 5.93. The number of aromatic nitrogens is 6. The number of rotatable bonds is 7. The highest BCUT2D eigenvalue weighted by Gasteiger charge is 2.22. The molecule has 0 aliphatic carbocycles. The molecule has 4 aromatic rings. The van der Waals surface area contributed by atoms with E-state index >= 15 is 0 Å². The summed E-state index contributed by atoms with van der Waals surface area (Å²) in [7, 11) is 0. The quantitative estimate of drug-likeness (QED) is 0.491. The van der Waals surface area contributed by atoms with Gasteiger partial charge in [0, 0.05) is 23.7 Å². The molecule has 0 unspecified atom stereocenters. The van der Waals surface area contributed by atoms with Gasteiger partial charge in [-0.05, 0) is 55.0 Å². The van der Waals surface area contributed by atoms with Crippen molar-refractivity contribution in [1.82, 2.24) is 35.1 Å². The van der Waals surface area contributed by atoms with Crippen molar-refractivity contribution in [1.29, 1.82) is 0 Å². The SMILES string of the molecule is CC[C@@H](C(=O)NCCn1c(C)nc2ccccc21)n1nnc(-c2ccc(Cl)cc2)n1. The molecular formula is C21H22ClN7O. The van der Waals surface area contributed by atoms with Crippen LogP contribution in [0.4, 0.5) is 0 Å². The van der Waals surface area contributed by atoms with E-state index in [2.05, 4.69) is 30.3 Å². The molecule has 9 heteroatoms. The molecule has 2 heterocycles. The van der Waals surface area contributed by atoms with Crippen LogP contribution >= 0.6 is 11.6 Å². The molecule has 0 fully saturated rings. The number of imidazole rings is 1. The summed E-state index contributed by atoms with van der Waals surface area (Å²) in [6, 6.07) is 14.6. The highest BCUT2D eigenvalue weighted by Crippen LogP contribution is 2.19. The minimum absolute atomic E-state index is 0.139. The number of fused-ring (bicyclic) bond motifs is 1. The minimum Gasteiger partial charge on any atom is -0.352 e. The zero-order valence-corrected chi connectivity index (χ0v) is 17.5. The van der Waals surface area contributed by atoms with Gasteiger partial charge in [-0.3, -0.25) is 4.79 Å². The van der Waals surface area contributed by atoms with Crippen LogP contribution in [0.1, 0.15) is 25.2 Å². The highest BCUT2D eigenvalue weighted by atomic mass is 35.5. The van der Waals surface area contributed by atoms with Crippen LogP contribution in [-0.2, 0) is 11.3 Å². The molecule has 0 aliphatic rings. The second-order valence-electron chi connectivity index (χ2n) is 6.95. The van der Waals surface area contributed by atoms with Crippen molar-refractivity contribution in [2.75, 3.05) is 6.54 Å². The van der Waals surface area contributed by atoms with Gasteiger partial charge in [0.2, 0.25) is 11.7 Å². The zero-order valence-electron chi connectivity index (χ0n) is 16.8. The van der Waals surface area contributed by atoms with Crippen LogP contribution in [0.15, 0.2) is 48.5 Å². The Morgan fingerprint density at radius 3 is 2.70 bits per heavy atom. The summed E-state index contributed by atoms with van der Waals surface area (Å²) < 4.78 is 2.10. The maximum absolute atomic E-state index is 12.8. The van der Waals surface area contributed by atoms with Crippen molar-refractivity contribution in [2.24, 2.45) is 0 Å². The van der Waals surface area contributed by atoms with Gasteiger partial charge in [0.25, 0.3) is 0 Å². The van der Waals surface area contributed by atoms with Gasteiger partial charge in [0.05, 0.1) is 11.0 Å². The molecule has 2 aromatic heterocycles. The molecule has 1 atom stereocenters. The Labute approximate surface area is 178 Å². The Hall–Kier alpha value is -3.26. The number of hydrogen-bond donors (Lipinski definition) is 1. The van der Waals surface area contributed by atoms with E-state index in [4.69, 9.17) is 11.6 Å². The molecule has 8 nitrogen and oxygen atoms in total. The first-order chi connectivity index (χ1) is 14.6. The lowest BCUT2D eigenvalue weighted by Gasteiger charge is -2.14. The second kappa shape index (κ2) is 8.62. The lowest BCUT2D eigenvalue weighted by Crippen LogP contribution is -2.35. The molecule has 1 N–H and O–H groups in total. The van der Waals surface area contributed by atoms with Crippen molar-refractivity contribution in [3.63, 3.8) is 0 Å². The summed E-state index contributed by atoms with van der Waals surface area (Å²) in [4.78, 5) is 18.7. The fraction of sp³-hybridized carbons (Fsp3) is 0.286. The Morgan fingerprint density at radius 2 is 1.93 bits per heavy atom. The topological polar surface area (TPSA) is 90.5 Å². The fourth-order valence-corrected chi connectivity index (χ4v) is 3.54. The first-order valence-electron chi connectivity index (χ1n) is 9.82. The number of para-hydroxylation sites is 2. The predicted molar refractivity (Wildman–Crippen MR) is 115 cm³/mol. The molecule has 0 radical (unpaired) electrons. The number of hydrogen-bond acceptors (Lipinski definition) is 5. The van der Waals surface area contributed by atoms with E-state index in [1.165, 1.54) is 4.80 Å². The molecular weight excluding hydrogens is 402 g/mol. The molecule has 0 bridgehead atoms. The summed E-state index contributed by atoms with van der Waals surface area (Å²) in [6.07, 6.45) is 0.551. The highest BCUT2D eigenvalue weighted by molar-refractivity contribution is 6.30. The Kier molecular flexibility index (Phi) is 5.76. The molecule has 1 amide bonds. The molecule has 2 aromatic carbocycles. The number of benzene rings is 2. The van der Waals surface area contributed by atoms with Gasteiger partial charge in [-0.1, -0.05) is 30.7 Å². The van der Waals surface area contributed by atoms with Gasteiger partial charge in [0.1, 0.15) is 5.82 Å². The van der Waals surface area contributed by atoms with Gasteiger partial charge in [-0.25, -0.2) is 4.98 Å². The van der Waals surface area contributed by atoms with E-state index < -0.39 is 6.04 Å². The van der Waals surface area contributed by atoms with E-state index in [0.29, 0.717) is 30.4 Å². The summed E-state index contributed by atoms with van der Waals surface area (Å²) in [5.74, 6) is 1.24. The van der Waals surface area contributed by atoms with Crippen LogP contribution in [-0.4, -0.2) is 42.2 Å².